The molecule has 2 rings (SSSR count). The van der Waals surface area contributed by atoms with Gasteiger partial charge in [-0.05, 0) is 29.0 Å². The van der Waals surface area contributed by atoms with E-state index in [2.05, 4.69) is 32.0 Å². The van der Waals surface area contributed by atoms with Crippen molar-refractivity contribution in [2.75, 3.05) is 14.2 Å². The van der Waals surface area contributed by atoms with Crippen molar-refractivity contribution in [1.29, 1.82) is 0 Å². The van der Waals surface area contributed by atoms with Crippen LogP contribution in [0, 0.1) is 0 Å². The molecule has 0 saturated carbocycles. The normalized spacial score (nSPS) is 24.8. The van der Waals surface area contributed by atoms with E-state index in [-0.39, 0.29) is 12.2 Å². The van der Waals surface area contributed by atoms with Gasteiger partial charge in [-0.15, -0.1) is 0 Å². The van der Waals surface area contributed by atoms with E-state index >= 15 is 0 Å². The van der Waals surface area contributed by atoms with Gasteiger partial charge in [-0.1, -0.05) is 32.0 Å². The molecule has 2 nitrogen and oxygen atoms in total. The summed E-state index contributed by atoms with van der Waals surface area (Å²) < 4.78 is 10.9. The van der Waals surface area contributed by atoms with Gasteiger partial charge in [-0.2, -0.15) is 0 Å². The van der Waals surface area contributed by atoms with Gasteiger partial charge in [0.05, 0.1) is 0 Å². The molecule has 3 unspecified atom stereocenters. The molecule has 0 saturated heterocycles. The first kappa shape index (κ1) is 11.6. The minimum Gasteiger partial charge on any atom is -0.374 e. The summed E-state index contributed by atoms with van der Waals surface area (Å²) in [6.45, 7) is 4.48. The highest BCUT2D eigenvalue weighted by molar-refractivity contribution is 5.45. The Hall–Kier alpha value is -0.860. The number of ether oxygens (including phenoxy) is 2. The van der Waals surface area contributed by atoms with E-state index in [1.807, 2.05) is 0 Å². The van der Waals surface area contributed by atoms with Gasteiger partial charge < -0.3 is 9.47 Å². The summed E-state index contributed by atoms with van der Waals surface area (Å²) in [5, 5.41) is 0. The van der Waals surface area contributed by atoms with Crippen molar-refractivity contribution in [2.24, 2.45) is 0 Å². The Balaban J connectivity index is 2.30. The molecule has 1 aliphatic rings. The molecule has 1 aliphatic carbocycles. The molecule has 0 heterocycles. The second kappa shape index (κ2) is 4.56. The molecule has 0 bridgehead atoms. The minimum atomic E-state index is 0.115. The van der Waals surface area contributed by atoms with E-state index in [1.165, 1.54) is 23.1 Å². The Morgan fingerprint density at radius 1 is 1.12 bits per heavy atom. The highest BCUT2D eigenvalue weighted by Crippen LogP contribution is 2.48. The smallest absolute Gasteiger partial charge is 0.113 e. The van der Waals surface area contributed by atoms with Crippen LogP contribution in [0.5, 0.6) is 0 Å². The van der Waals surface area contributed by atoms with Gasteiger partial charge in [0.2, 0.25) is 0 Å². The van der Waals surface area contributed by atoms with E-state index in [0.29, 0.717) is 5.92 Å². The van der Waals surface area contributed by atoms with Gasteiger partial charge in [0, 0.05) is 14.2 Å². The Kier molecular flexibility index (Phi) is 3.31. The summed E-state index contributed by atoms with van der Waals surface area (Å²) in [7, 11) is 3.48. The molecule has 0 aromatic heterocycles. The van der Waals surface area contributed by atoms with Crippen molar-refractivity contribution in [3.8, 4) is 0 Å². The van der Waals surface area contributed by atoms with E-state index in [4.69, 9.17) is 9.47 Å². The fourth-order valence-corrected chi connectivity index (χ4v) is 2.37. The largest absolute Gasteiger partial charge is 0.374 e. The molecule has 0 spiro atoms. The predicted octanol–water partition coefficient (Wildman–Crippen LogP) is 3.59. The van der Waals surface area contributed by atoms with Crippen molar-refractivity contribution in [3.05, 3.63) is 34.9 Å². The maximum Gasteiger partial charge on any atom is 0.113 e. The van der Waals surface area contributed by atoms with Gasteiger partial charge in [-0.25, -0.2) is 0 Å². The zero-order chi connectivity index (χ0) is 11.7. The summed E-state index contributed by atoms with van der Waals surface area (Å²) in [4.78, 5) is 0. The highest BCUT2D eigenvalue weighted by Gasteiger charge is 2.38. The highest BCUT2D eigenvalue weighted by atomic mass is 16.5. The zero-order valence-electron chi connectivity index (χ0n) is 10.5. The fourth-order valence-electron chi connectivity index (χ4n) is 2.37. The number of fused-ring (bicyclic) bond motifs is 1. The van der Waals surface area contributed by atoms with Gasteiger partial charge in [0.15, 0.2) is 0 Å². The molecule has 0 N–H and O–H groups in total. The van der Waals surface area contributed by atoms with Gasteiger partial charge in [-0.3, -0.25) is 0 Å². The molecular weight excluding hydrogens is 200 g/mol. The summed E-state index contributed by atoms with van der Waals surface area (Å²) >= 11 is 0. The average Bonchev–Trinajstić information content (AvgIpc) is 2.30. The van der Waals surface area contributed by atoms with Crippen molar-refractivity contribution < 1.29 is 9.47 Å². The maximum atomic E-state index is 5.46. The molecule has 0 amide bonds. The van der Waals surface area contributed by atoms with Crippen LogP contribution in [0.15, 0.2) is 18.2 Å². The second-order valence-corrected chi connectivity index (χ2v) is 4.51. The van der Waals surface area contributed by atoms with E-state index in [9.17, 15) is 0 Å². The van der Waals surface area contributed by atoms with Gasteiger partial charge in [0.25, 0.3) is 0 Å². The molecule has 88 valence electrons. The SMILES string of the molecule is CCC(C)c1ccc2c(c1)C(OC)C2OC. The third kappa shape index (κ3) is 1.66. The fraction of sp³-hybridized carbons (Fsp3) is 0.571. The topological polar surface area (TPSA) is 18.5 Å². The van der Waals surface area contributed by atoms with E-state index < -0.39 is 0 Å². The second-order valence-electron chi connectivity index (χ2n) is 4.51. The molecule has 3 atom stereocenters. The quantitative estimate of drug-likeness (QED) is 0.772. The molecule has 2 heteroatoms. The summed E-state index contributed by atoms with van der Waals surface area (Å²) in [5.74, 6) is 0.615. The van der Waals surface area contributed by atoms with Gasteiger partial charge in [0.1, 0.15) is 12.2 Å². The average molecular weight is 220 g/mol. The Bertz CT molecular complexity index is 373. The molecule has 0 radical (unpaired) electrons. The predicted molar refractivity (Wildman–Crippen MR) is 64.6 cm³/mol. The van der Waals surface area contributed by atoms with Crippen LogP contribution < -0.4 is 0 Å². The minimum absolute atomic E-state index is 0.115. The standard InChI is InChI=1S/C14H20O2/c1-5-9(2)10-6-7-11-12(8-10)14(16-4)13(11)15-3/h6-9,13-14H,5H2,1-4H3. The molecular formula is C14H20O2. The van der Waals surface area contributed by atoms with Crippen molar-refractivity contribution in [3.63, 3.8) is 0 Å². The lowest BCUT2D eigenvalue weighted by Crippen LogP contribution is -2.27. The van der Waals surface area contributed by atoms with Crippen molar-refractivity contribution in [2.45, 2.75) is 38.4 Å². The molecule has 0 fully saturated rings. The lowest BCUT2D eigenvalue weighted by Gasteiger charge is -2.38. The van der Waals surface area contributed by atoms with Crippen LogP contribution in [0.4, 0.5) is 0 Å². The number of benzene rings is 1. The maximum absolute atomic E-state index is 5.46. The first-order valence-electron chi connectivity index (χ1n) is 5.92. The summed E-state index contributed by atoms with van der Waals surface area (Å²) in [5.41, 5.74) is 3.98. The lowest BCUT2D eigenvalue weighted by atomic mass is 9.79. The van der Waals surface area contributed by atoms with Crippen LogP contribution >= 0.6 is 0 Å². The Morgan fingerprint density at radius 3 is 2.31 bits per heavy atom. The molecule has 1 aromatic rings. The summed E-state index contributed by atoms with van der Waals surface area (Å²) in [6, 6.07) is 6.67. The third-order valence-electron chi connectivity index (χ3n) is 3.69. The lowest BCUT2D eigenvalue weighted by molar-refractivity contribution is -0.0653. The van der Waals surface area contributed by atoms with Crippen molar-refractivity contribution >= 4 is 0 Å². The summed E-state index contributed by atoms with van der Waals surface area (Å²) in [6.07, 6.45) is 1.40. The zero-order valence-corrected chi connectivity index (χ0v) is 10.5. The monoisotopic (exact) mass is 220 g/mol. The van der Waals surface area contributed by atoms with Crippen LogP contribution in [-0.2, 0) is 9.47 Å². The van der Waals surface area contributed by atoms with E-state index in [1.54, 1.807) is 14.2 Å². The number of rotatable bonds is 4. The van der Waals surface area contributed by atoms with Crippen LogP contribution in [0.25, 0.3) is 0 Å². The van der Waals surface area contributed by atoms with Crippen molar-refractivity contribution in [1.82, 2.24) is 0 Å². The van der Waals surface area contributed by atoms with Crippen LogP contribution in [-0.4, -0.2) is 14.2 Å². The molecule has 0 aliphatic heterocycles. The van der Waals surface area contributed by atoms with E-state index in [0.717, 1.165) is 0 Å². The number of hydrogen-bond donors (Lipinski definition) is 0. The van der Waals surface area contributed by atoms with Crippen LogP contribution in [0.3, 0.4) is 0 Å². The molecule has 1 aromatic carbocycles. The number of hydrogen-bond acceptors (Lipinski definition) is 2. The van der Waals surface area contributed by atoms with Gasteiger partial charge >= 0.3 is 0 Å². The van der Waals surface area contributed by atoms with Crippen LogP contribution in [0.2, 0.25) is 0 Å². The first-order chi connectivity index (χ1) is 7.72. The third-order valence-corrected chi connectivity index (χ3v) is 3.69. The Morgan fingerprint density at radius 2 is 1.75 bits per heavy atom. The first-order valence-corrected chi connectivity index (χ1v) is 5.92. The molecule has 16 heavy (non-hydrogen) atoms. The number of methoxy groups -OCH3 is 2. The van der Waals surface area contributed by atoms with Crippen LogP contribution in [0.1, 0.15) is 55.1 Å². The Labute approximate surface area is 97.6 Å².